The summed E-state index contributed by atoms with van der Waals surface area (Å²) in [7, 11) is 2.26. The van der Waals surface area contributed by atoms with E-state index in [-0.39, 0.29) is 18.3 Å². The van der Waals surface area contributed by atoms with Gasteiger partial charge in [0.15, 0.2) is 0 Å². The van der Waals surface area contributed by atoms with Gasteiger partial charge in [0.25, 0.3) is 5.91 Å². The molecule has 0 radical (unpaired) electrons. The summed E-state index contributed by atoms with van der Waals surface area (Å²) in [6.07, 6.45) is 1.07. The van der Waals surface area contributed by atoms with Gasteiger partial charge in [-0.1, -0.05) is 35.9 Å². The lowest BCUT2D eigenvalue weighted by atomic mass is 9.88. The number of halogens is 1. The standard InChI is InChI=1S/C20H22N2O.ClH/c1-14-8-9-18-16(12-14)17-13-21(2)11-10-19(17)22(18)20(23)15-6-4-3-5-7-15;/h3-9,12,17,19H,10-11,13H2,1-2H3;1H/t17-,19-;/m0./s1. The molecule has 4 rings (SSSR count). The molecule has 126 valence electrons. The van der Waals surface area contributed by atoms with E-state index in [0.717, 1.165) is 30.8 Å². The lowest BCUT2D eigenvalue weighted by molar-refractivity contribution is -0.886. The summed E-state index contributed by atoms with van der Waals surface area (Å²) in [5, 5.41) is 0. The lowest BCUT2D eigenvalue weighted by Crippen LogP contribution is -3.11. The van der Waals surface area contributed by atoms with E-state index in [2.05, 4.69) is 37.1 Å². The fraction of sp³-hybridized carbons (Fsp3) is 0.350. The fourth-order valence-corrected chi connectivity index (χ4v) is 4.18. The highest BCUT2D eigenvalue weighted by Crippen LogP contribution is 2.43. The zero-order valence-electron chi connectivity index (χ0n) is 14.1. The maximum atomic E-state index is 13.2. The monoisotopic (exact) mass is 342 g/mol. The van der Waals surface area contributed by atoms with E-state index < -0.39 is 0 Å². The van der Waals surface area contributed by atoms with Gasteiger partial charge in [0.1, 0.15) is 0 Å². The van der Waals surface area contributed by atoms with E-state index in [0.29, 0.717) is 12.0 Å². The number of carbonyl (C=O) groups is 1. The summed E-state index contributed by atoms with van der Waals surface area (Å²) in [4.78, 5) is 16.8. The number of hydrogen-bond donors (Lipinski definition) is 1. The predicted molar refractivity (Wildman–Crippen MR) is 92.2 cm³/mol. The number of nitrogens with zero attached hydrogens (tertiary/aromatic N) is 1. The van der Waals surface area contributed by atoms with Gasteiger partial charge in [0.05, 0.1) is 32.1 Å². The van der Waals surface area contributed by atoms with E-state index >= 15 is 0 Å². The molecule has 0 bridgehead atoms. The van der Waals surface area contributed by atoms with Crippen LogP contribution in [0.1, 0.15) is 33.8 Å². The summed E-state index contributed by atoms with van der Waals surface area (Å²) in [6, 6.07) is 16.5. The third-order valence-electron chi connectivity index (χ3n) is 5.31. The molecule has 2 aliphatic heterocycles. The second kappa shape index (κ2) is 6.58. The third kappa shape index (κ3) is 2.72. The van der Waals surface area contributed by atoms with Crippen LogP contribution >= 0.6 is 0 Å². The largest absolute Gasteiger partial charge is 1.00 e. The minimum absolute atomic E-state index is 0. The smallest absolute Gasteiger partial charge is 0.258 e. The van der Waals surface area contributed by atoms with Gasteiger partial charge >= 0.3 is 0 Å². The first-order valence-corrected chi connectivity index (χ1v) is 8.45. The minimum Gasteiger partial charge on any atom is -1.00 e. The van der Waals surface area contributed by atoms with Gasteiger partial charge in [0.2, 0.25) is 0 Å². The first-order chi connectivity index (χ1) is 11.1. The molecular formula is C20H23ClN2O. The number of hydrogen-bond acceptors (Lipinski definition) is 1. The molecule has 2 heterocycles. The molecule has 1 amide bonds. The molecule has 4 heteroatoms. The zero-order valence-corrected chi connectivity index (χ0v) is 14.9. The molecule has 3 atom stereocenters. The van der Waals surface area contributed by atoms with Crippen molar-refractivity contribution in [3.8, 4) is 0 Å². The van der Waals surface area contributed by atoms with Crippen molar-refractivity contribution in [3.05, 3.63) is 65.2 Å². The van der Waals surface area contributed by atoms with Gasteiger partial charge in [-0.25, -0.2) is 0 Å². The number of benzene rings is 2. The Hall–Kier alpha value is -1.84. The van der Waals surface area contributed by atoms with E-state index in [1.165, 1.54) is 11.1 Å². The Kier molecular flexibility index (Phi) is 4.66. The van der Waals surface area contributed by atoms with Crippen LogP contribution in [-0.2, 0) is 0 Å². The molecule has 0 saturated carbocycles. The maximum Gasteiger partial charge on any atom is 0.258 e. The Morgan fingerprint density at radius 2 is 1.92 bits per heavy atom. The average Bonchev–Trinajstić information content (AvgIpc) is 2.88. The number of fused-ring (bicyclic) bond motifs is 3. The van der Waals surface area contributed by atoms with Crippen molar-refractivity contribution in [1.29, 1.82) is 0 Å². The number of rotatable bonds is 1. The molecule has 1 saturated heterocycles. The molecule has 0 aromatic heterocycles. The van der Waals surface area contributed by atoms with Crippen molar-refractivity contribution < 1.29 is 22.1 Å². The SMILES string of the molecule is Cc1ccc2c(c1)[C@@H]1C[NH+](C)CC[C@@H]1N2C(=O)c1ccccc1.[Cl-]. The van der Waals surface area contributed by atoms with Crippen molar-refractivity contribution in [2.75, 3.05) is 25.0 Å². The Balaban J connectivity index is 0.00000169. The van der Waals surface area contributed by atoms with Crippen molar-refractivity contribution >= 4 is 11.6 Å². The number of aryl methyl sites for hydroxylation is 1. The van der Waals surface area contributed by atoms with Crippen molar-refractivity contribution in [2.45, 2.75) is 25.3 Å². The topological polar surface area (TPSA) is 24.8 Å². The number of quaternary nitrogens is 1. The van der Waals surface area contributed by atoms with Gasteiger partial charge in [0, 0.05) is 17.7 Å². The van der Waals surface area contributed by atoms with E-state index in [1.54, 1.807) is 4.90 Å². The summed E-state index contributed by atoms with van der Waals surface area (Å²) >= 11 is 0. The van der Waals surface area contributed by atoms with E-state index in [4.69, 9.17) is 0 Å². The van der Waals surface area contributed by atoms with Crippen molar-refractivity contribution in [1.82, 2.24) is 0 Å². The minimum atomic E-state index is 0. The molecule has 2 aromatic rings. The second-order valence-corrected chi connectivity index (χ2v) is 6.98. The normalized spacial score (nSPS) is 24.8. The molecular weight excluding hydrogens is 320 g/mol. The molecule has 24 heavy (non-hydrogen) atoms. The Labute approximate surface area is 149 Å². The molecule has 1 unspecified atom stereocenters. The van der Waals surface area contributed by atoms with Crippen LogP contribution < -0.4 is 22.2 Å². The lowest BCUT2D eigenvalue weighted by Gasteiger charge is -2.34. The van der Waals surface area contributed by atoms with Crippen molar-refractivity contribution in [2.24, 2.45) is 0 Å². The third-order valence-corrected chi connectivity index (χ3v) is 5.31. The predicted octanol–water partition coefficient (Wildman–Crippen LogP) is -0.970. The van der Waals surface area contributed by atoms with Gasteiger partial charge in [-0.2, -0.15) is 0 Å². The number of amides is 1. The van der Waals surface area contributed by atoms with Crippen LogP contribution in [0.15, 0.2) is 48.5 Å². The molecule has 2 aromatic carbocycles. The average molecular weight is 343 g/mol. The number of anilines is 1. The first-order valence-electron chi connectivity index (χ1n) is 8.45. The van der Waals surface area contributed by atoms with Gasteiger partial charge in [-0.3, -0.25) is 4.79 Å². The zero-order chi connectivity index (χ0) is 16.0. The highest BCUT2D eigenvalue weighted by molar-refractivity contribution is 6.08. The van der Waals surface area contributed by atoms with E-state index in [1.807, 2.05) is 30.3 Å². The fourth-order valence-electron chi connectivity index (χ4n) is 4.18. The number of piperidine rings is 1. The van der Waals surface area contributed by atoms with Crippen LogP contribution in [0, 0.1) is 6.92 Å². The molecule has 2 aliphatic rings. The number of likely N-dealkylation sites (tertiary alicyclic amines) is 1. The number of carbonyl (C=O) groups excluding carboxylic acids is 1. The molecule has 0 spiro atoms. The van der Waals surface area contributed by atoms with Gasteiger partial charge in [-0.05, 0) is 30.7 Å². The summed E-state index contributed by atoms with van der Waals surface area (Å²) < 4.78 is 0. The quantitative estimate of drug-likeness (QED) is 0.709. The van der Waals surface area contributed by atoms with Crippen LogP contribution in [0.5, 0.6) is 0 Å². The Bertz CT molecular complexity index is 747. The first kappa shape index (κ1) is 17.0. The maximum absolute atomic E-state index is 13.2. The van der Waals surface area contributed by atoms with Crippen LogP contribution in [-0.4, -0.2) is 32.1 Å². The van der Waals surface area contributed by atoms with Crippen LogP contribution in [0.4, 0.5) is 5.69 Å². The van der Waals surface area contributed by atoms with Crippen molar-refractivity contribution in [3.63, 3.8) is 0 Å². The van der Waals surface area contributed by atoms with Crippen LogP contribution in [0.25, 0.3) is 0 Å². The second-order valence-electron chi connectivity index (χ2n) is 6.98. The van der Waals surface area contributed by atoms with Crippen LogP contribution in [0.3, 0.4) is 0 Å². The van der Waals surface area contributed by atoms with Gasteiger partial charge < -0.3 is 22.2 Å². The highest BCUT2D eigenvalue weighted by atomic mass is 35.5. The Morgan fingerprint density at radius 3 is 2.67 bits per heavy atom. The molecule has 1 fully saturated rings. The van der Waals surface area contributed by atoms with E-state index in [9.17, 15) is 4.79 Å². The summed E-state index contributed by atoms with van der Waals surface area (Å²) in [6.45, 7) is 4.38. The number of likely N-dealkylation sites (N-methyl/N-ethyl adjacent to an activating group) is 1. The molecule has 0 aliphatic carbocycles. The summed E-state index contributed by atoms with van der Waals surface area (Å²) in [5.41, 5.74) is 4.54. The highest BCUT2D eigenvalue weighted by Gasteiger charge is 2.45. The molecule has 1 N–H and O–H groups in total. The number of nitrogens with one attached hydrogen (secondary N) is 1. The Morgan fingerprint density at radius 1 is 1.17 bits per heavy atom. The molecule has 3 nitrogen and oxygen atoms in total. The van der Waals surface area contributed by atoms with Crippen LogP contribution in [0.2, 0.25) is 0 Å². The van der Waals surface area contributed by atoms with Gasteiger partial charge in [-0.15, -0.1) is 0 Å². The summed E-state index contributed by atoms with van der Waals surface area (Å²) in [5.74, 6) is 0.606.